The molecule has 1 aromatic carbocycles. The second-order valence-electron chi connectivity index (χ2n) is 6.36. The van der Waals surface area contributed by atoms with Gasteiger partial charge in [0.25, 0.3) is 0 Å². The lowest BCUT2D eigenvalue weighted by Crippen LogP contribution is -2.38. The predicted molar refractivity (Wildman–Crippen MR) is 108 cm³/mol. The summed E-state index contributed by atoms with van der Waals surface area (Å²) in [4.78, 5) is 27.7. The molecule has 6 nitrogen and oxygen atoms in total. The maximum absolute atomic E-state index is 12.6. The number of aromatic nitrogens is 3. The first-order valence-electron chi connectivity index (χ1n) is 8.72. The van der Waals surface area contributed by atoms with Crippen LogP contribution in [0.25, 0.3) is 11.3 Å². The zero-order valence-electron chi connectivity index (χ0n) is 14.5. The standard InChI is InChI=1S/C19H18ClN5OS/c20-15-3-1-13(2-4-15)16-12-27-19(23-16)24-18(26)14-5-9-25(10-6-14)17-11-21-7-8-22-17/h1-4,7-8,11-12,14H,5-6,9-10H2,(H,23,24,26). The van der Waals surface area contributed by atoms with E-state index >= 15 is 0 Å². The number of hydrogen-bond acceptors (Lipinski definition) is 6. The molecule has 1 saturated heterocycles. The van der Waals surface area contributed by atoms with Gasteiger partial charge in [0.15, 0.2) is 5.13 Å². The number of piperidine rings is 1. The number of nitrogens with zero attached hydrogens (tertiary/aromatic N) is 4. The Bertz CT molecular complexity index is 907. The first-order valence-corrected chi connectivity index (χ1v) is 9.98. The van der Waals surface area contributed by atoms with Crippen LogP contribution < -0.4 is 10.2 Å². The molecule has 1 aliphatic rings. The zero-order chi connectivity index (χ0) is 18.6. The summed E-state index contributed by atoms with van der Waals surface area (Å²) in [6, 6.07) is 7.51. The average molecular weight is 400 g/mol. The van der Waals surface area contributed by atoms with Crippen LogP contribution in [-0.2, 0) is 4.79 Å². The molecule has 27 heavy (non-hydrogen) atoms. The molecule has 1 N–H and O–H groups in total. The molecule has 1 aliphatic heterocycles. The maximum atomic E-state index is 12.6. The fourth-order valence-electron chi connectivity index (χ4n) is 3.12. The smallest absolute Gasteiger partial charge is 0.229 e. The van der Waals surface area contributed by atoms with Crippen molar-refractivity contribution in [2.75, 3.05) is 23.3 Å². The fraction of sp³-hybridized carbons (Fsp3) is 0.263. The highest BCUT2D eigenvalue weighted by Crippen LogP contribution is 2.27. The van der Waals surface area contributed by atoms with Crippen molar-refractivity contribution in [3.63, 3.8) is 0 Å². The van der Waals surface area contributed by atoms with E-state index in [9.17, 15) is 4.79 Å². The SMILES string of the molecule is O=C(Nc1nc(-c2ccc(Cl)cc2)cs1)C1CCN(c2cnccn2)CC1. The number of thiazole rings is 1. The van der Waals surface area contributed by atoms with Gasteiger partial charge in [0.1, 0.15) is 5.82 Å². The summed E-state index contributed by atoms with van der Waals surface area (Å²) < 4.78 is 0. The Morgan fingerprint density at radius 2 is 1.96 bits per heavy atom. The van der Waals surface area contributed by atoms with Gasteiger partial charge < -0.3 is 10.2 Å². The summed E-state index contributed by atoms with van der Waals surface area (Å²) in [5, 5.41) is 6.22. The second kappa shape index (κ2) is 8.02. The minimum Gasteiger partial charge on any atom is -0.355 e. The number of nitrogens with one attached hydrogen (secondary N) is 1. The van der Waals surface area contributed by atoms with Crippen LogP contribution in [-0.4, -0.2) is 33.9 Å². The summed E-state index contributed by atoms with van der Waals surface area (Å²) in [7, 11) is 0. The van der Waals surface area contributed by atoms with Crippen molar-refractivity contribution in [3.05, 3.63) is 53.3 Å². The third-order valence-corrected chi connectivity index (χ3v) is 5.62. The predicted octanol–water partition coefficient (Wildman–Crippen LogP) is 4.11. The first kappa shape index (κ1) is 17.9. The molecule has 0 unspecified atom stereocenters. The second-order valence-corrected chi connectivity index (χ2v) is 7.65. The molecule has 138 valence electrons. The Morgan fingerprint density at radius 1 is 1.19 bits per heavy atom. The summed E-state index contributed by atoms with van der Waals surface area (Å²) in [6.07, 6.45) is 6.69. The first-order chi connectivity index (χ1) is 13.2. The molecule has 1 fully saturated rings. The van der Waals surface area contributed by atoms with E-state index in [1.165, 1.54) is 11.3 Å². The molecule has 2 aromatic heterocycles. The van der Waals surface area contributed by atoms with E-state index in [4.69, 9.17) is 11.6 Å². The van der Waals surface area contributed by atoms with E-state index in [2.05, 4.69) is 25.2 Å². The Balaban J connectivity index is 1.34. The lowest BCUT2D eigenvalue weighted by atomic mass is 9.96. The maximum Gasteiger partial charge on any atom is 0.229 e. The number of carbonyl (C=O) groups excluding carboxylic acids is 1. The van der Waals surface area contributed by atoms with Crippen molar-refractivity contribution in [1.29, 1.82) is 0 Å². The number of halogens is 1. The van der Waals surface area contributed by atoms with Crippen molar-refractivity contribution in [3.8, 4) is 11.3 Å². The largest absolute Gasteiger partial charge is 0.355 e. The van der Waals surface area contributed by atoms with Crippen LogP contribution >= 0.6 is 22.9 Å². The number of carbonyl (C=O) groups is 1. The molecule has 0 spiro atoms. The van der Waals surface area contributed by atoms with Crippen LogP contribution in [0.3, 0.4) is 0 Å². The van der Waals surface area contributed by atoms with Crippen LogP contribution in [0.2, 0.25) is 5.02 Å². The van der Waals surface area contributed by atoms with Crippen LogP contribution in [0.1, 0.15) is 12.8 Å². The van der Waals surface area contributed by atoms with Gasteiger partial charge in [-0.1, -0.05) is 23.7 Å². The normalized spacial score (nSPS) is 14.9. The van der Waals surface area contributed by atoms with Gasteiger partial charge in [-0.15, -0.1) is 11.3 Å². The van der Waals surface area contributed by atoms with E-state index in [0.717, 1.165) is 43.0 Å². The molecule has 3 aromatic rings. The topological polar surface area (TPSA) is 71.0 Å². The van der Waals surface area contributed by atoms with Gasteiger partial charge in [-0.25, -0.2) is 9.97 Å². The summed E-state index contributed by atoms with van der Waals surface area (Å²) in [5.74, 6) is 0.885. The minimum absolute atomic E-state index is 0.0131. The van der Waals surface area contributed by atoms with Gasteiger partial charge in [-0.2, -0.15) is 0 Å². The molecule has 0 radical (unpaired) electrons. The van der Waals surface area contributed by atoms with E-state index in [1.807, 2.05) is 29.6 Å². The molecule has 4 rings (SSSR count). The third-order valence-electron chi connectivity index (χ3n) is 4.61. The lowest BCUT2D eigenvalue weighted by Gasteiger charge is -2.31. The lowest BCUT2D eigenvalue weighted by molar-refractivity contribution is -0.120. The quantitative estimate of drug-likeness (QED) is 0.714. The summed E-state index contributed by atoms with van der Waals surface area (Å²) in [5.41, 5.74) is 1.82. The highest BCUT2D eigenvalue weighted by atomic mass is 35.5. The van der Waals surface area contributed by atoms with Crippen LogP contribution in [0.15, 0.2) is 48.2 Å². The average Bonchev–Trinajstić information content (AvgIpc) is 3.18. The summed E-state index contributed by atoms with van der Waals surface area (Å²) in [6.45, 7) is 1.59. The van der Waals surface area contributed by atoms with E-state index < -0.39 is 0 Å². The molecule has 0 atom stereocenters. The molecule has 0 saturated carbocycles. The van der Waals surface area contributed by atoms with Crippen molar-refractivity contribution in [2.24, 2.45) is 5.92 Å². The third kappa shape index (κ3) is 4.26. The van der Waals surface area contributed by atoms with Crippen molar-refractivity contribution < 1.29 is 4.79 Å². The fourth-order valence-corrected chi connectivity index (χ4v) is 3.97. The molecular formula is C19H18ClN5OS. The highest BCUT2D eigenvalue weighted by Gasteiger charge is 2.26. The minimum atomic E-state index is -0.0131. The number of amides is 1. The molecule has 0 bridgehead atoms. The molecule has 3 heterocycles. The molecule has 0 aliphatic carbocycles. The Kier molecular flexibility index (Phi) is 5.31. The summed E-state index contributed by atoms with van der Waals surface area (Å²) >= 11 is 7.36. The van der Waals surface area contributed by atoms with Gasteiger partial charge in [0, 0.05) is 47.4 Å². The van der Waals surface area contributed by atoms with Crippen LogP contribution in [0.4, 0.5) is 10.9 Å². The number of benzene rings is 1. The van der Waals surface area contributed by atoms with Crippen LogP contribution in [0.5, 0.6) is 0 Å². The molecule has 8 heteroatoms. The van der Waals surface area contributed by atoms with Gasteiger partial charge in [0.2, 0.25) is 5.91 Å². The number of anilines is 2. The Morgan fingerprint density at radius 3 is 2.67 bits per heavy atom. The molecule has 1 amide bonds. The molecular weight excluding hydrogens is 382 g/mol. The van der Waals surface area contributed by atoms with Crippen molar-refractivity contribution in [2.45, 2.75) is 12.8 Å². The number of hydrogen-bond donors (Lipinski definition) is 1. The zero-order valence-corrected chi connectivity index (χ0v) is 16.1. The van der Waals surface area contributed by atoms with Crippen molar-refractivity contribution in [1.82, 2.24) is 15.0 Å². The van der Waals surface area contributed by atoms with Gasteiger partial charge in [0.05, 0.1) is 11.9 Å². The van der Waals surface area contributed by atoms with E-state index in [1.54, 1.807) is 18.6 Å². The van der Waals surface area contributed by atoms with E-state index in [-0.39, 0.29) is 11.8 Å². The van der Waals surface area contributed by atoms with Crippen LogP contribution in [0, 0.1) is 5.92 Å². The highest BCUT2D eigenvalue weighted by molar-refractivity contribution is 7.14. The Labute approximate surface area is 166 Å². The number of rotatable bonds is 4. The van der Waals surface area contributed by atoms with Gasteiger partial charge in [-0.3, -0.25) is 9.78 Å². The van der Waals surface area contributed by atoms with Gasteiger partial charge >= 0.3 is 0 Å². The monoisotopic (exact) mass is 399 g/mol. The van der Waals surface area contributed by atoms with Crippen molar-refractivity contribution >= 4 is 39.8 Å². The van der Waals surface area contributed by atoms with E-state index in [0.29, 0.717) is 10.2 Å². The Hall–Kier alpha value is -2.51. The van der Waals surface area contributed by atoms with Gasteiger partial charge in [-0.05, 0) is 25.0 Å².